The summed E-state index contributed by atoms with van der Waals surface area (Å²) in [6, 6.07) is 0. The lowest BCUT2D eigenvalue weighted by atomic mass is 10.1. The van der Waals surface area contributed by atoms with Crippen LogP contribution < -0.4 is 15.0 Å². The standard InChI is InChI=1S/C30H58N4O11S/c1-30(2,3)31-25-27(26-45-29-28(32-46-33-29)34-5-7-36-8-6-34)44-24-23-43-22-21-42-20-19-41-18-17-40-16-15-39-14-13-38-12-11-37-10-9-35-4/h27,31H,5-26H2,1-4H3. The molecule has 0 radical (unpaired) electrons. The number of nitrogens with zero attached hydrogens (tertiary/aromatic N) is 3. The van der Waals surface area contributed by atoms with Crippen LogP contribution in [0.3, 0.4) is 0 Å². The quantitative estimate of drug-likeness (QED) is 0.112. The lowest BCUT2D eigenvalue weighted by molar-refractivity contribution is -0.0347. The predicted octanol–water partition coefficient (Wildman–Crippen LogP) is 1.29. The first kappa shape index (κ1) is 40.9. The lowest BCUT2D eigenvalue weighted by Gasteiger charge is -2.27. The SMILES string of the molecule is COCCOCCOCCOCCOCCOCCOCCOCCOC(CNC(C)(C)C)COc1nsnc1N1CCOCC1. The van der Waals surface area contributed by atoms with E-state index in [9.17, 15) is 0 Å². The maximum absolute atomic E-state index is 6.08. The van der Waals surface area contributed by atoms with Gasteiger partial charge in [-0.25, -0.2) is 0 Å². The zero-order chi connectivity index (χ0) is 33.0. The van der Waals surface area contributed by atoms with Crippen molar-refractivity contribution in [2.45, 2.75) is 32.4 Å². The minimum Gasteiger partial charge on any atom is -0.472 e. The molecule has 1 atom stereocenters. The van der Waals surface area contributed by atoms with Crippen LogP contribution in [0.1, 0.15) is 20.8 Å². The molecule has 0 aliphatic carbocycles. The molecule has 1 aromatic heterocycles. The van der Waals surface area contributed by atoms with Gasteiger partial charge in [0.15, 0.2) is 0 Å². The normalized spacial score (nSPS) is 14.7. The number of rotatable bonds is 31. The van der Waals surface area contributed by atoms with E-state index in [-0.39, 0.29) is 11.6 Å². The average molecular weight is 683 g/mol. The van der Waals surface area contributed by atoms with Crippen molar-refractivity contribution in [3.8, 4) is 5.88 Å². The number of aromatic nitrogens is 2. The van der Waals surface area contributed by atoms with Crippen LogP contribution in [0.4, 0.5) is 5.82 Å². The van der Waals surface area contributed by atoms with Crippen LogP contribution in [0.15, 0.2) is 0 Å². The molecule has 46 heavy (non-hydrogen) atoms. The Morgan fingerprint density at radius 2 is 1.15 bits per heavy atom. The van der Waals surface area contributed by atoms with E-state index in [2.05, 4.69) is 39.7 Å². The summed E-state index contributed by atoms with van der Waals surface area (Å²) in [4.78, 5) is 2.14. The number of morpholine rings is 1. The Morgan fingerprint density at radius 3 is 1.61 bits per heavy atom. The molecule has 0 aromatic carbocycles. The summed E-state index contributed by atoms with van der Waals surface area (Å²) in [5.41, 5.74) is -0.0424. The van der Waals surface area contributed by atoms with Crippen LogP contribution in [-0.2, 0) is 47.4 Å². The molecular formula is C30H58N4O11S. The summed E-state index contributed by atoms with van der Waals surface area (Å²) in [6.45, 7) is 18.5. The van der Waals surface area contributed by atoms with Crippen molar-refractivity contribution in [1.29, 1.82) is 0 Å². The van der Waals surface area contributed by atoms with Crippen LogP contribution in [-0.4, -0.2) is 173 Å². The fourth-order valence-electron chi connectivity index (χ4n) is 3.83. The van der Waals surface area contributed by atoms with Gasteiger partial charge in [0.25, 0.3) is 5.88 Å². The highest BCUT2D eigenvalue weighted by molar-refractivity contribution is 6.99. The van der Waals surface area contributed by atoms with E-state index in [0.717, 1.165) is 30.6 Å². The van der Waals surface area contributed by atoms with E-state index in [1.165, 1.54) is 0 Å². The fourth-order valence-corrected chi connectivity index (χ4v) is 4.35. The smallest absolute Gasteiger partial charge is 0.270 e. The van der Waals surface area contributed by atoms with Gasteiger partial charge in [0, 0.05) is 32.3 Å². The molecule has 16 heteroatoms. The summed E-state index contributed by atoms with van der Waals surface area (Å²) in [5.74, 6) is 1.31. The Bertz CT molecular complexity index is 816. The fraction of sp³-hybridized carbons (Fsp3) is 0.933. The van der Waals surface area contributed by atoms with E-state index < -0.39 is 0 Å². The van der Waals surface area contributed by atoms with Crippen molar-refractivity contribution >= 4 is 17.5 Å². The molecule has 0 spiro atoms. The zero-order valence-electron chi connectivity index (χ0n) is 28.4. The second-order valence-corrected chi connectivity index (χ2v) is 11.7. The van der Waals surface area contributed by atoms with Crippen LogP contribution in [0.25, 0.3) is 0 Å². The second-order valence-electron chi connectivity index (χ2n) is 11.2. The molecule has 1 fully saturated rings. The molecule has 1 aliphatic heterocycles. The summed E-state index contributed by atoms with van der Waals surface area (Å²) in [7, 11) is 1.65. The molecule has 0 saturated carbocycles. The van der Waals surface area contributed by atoms with Crippen molar-refractivity contribution < 1.29 is 52.1 Å². The van der Waals surface area contributed by atoms with Gasteiger partial charge in [-0.3, -0.25) is 0 Å². The second kappa shape index (κ2) is 27.6. The van der Waals surface area contributed by atoms with Crippen LogP contribution in [0.5, 0.6) is 5.88 Å². The molecule has 1 N–H and O–H groups in total. The van der Waals surface area contributed by atoms with Crippen molar-refractivity contribution in [2.75, 3.05) is 157 Å². The summed E-state index contributed by atoms with van der Waals surface area (Å²) >= 11 is 1.15. The van der Waals surface area contributed by atoms with Crippen molar-refractivity contribution in [2.24, 2.45) is 0 Å². The van der Waals surface area contributed by atoms with Gasteiger partial charge in [0.05, 0.1) is 131 Å². The lowest BCUT2D eigenvalue weighted by Crippen LogP contribution is -2.44. The third-order valence-corrected chi connectivity index (χ3v) is 6.77. The highest BCUT2D eigenvalue weighted by atomic mass is 32.1. The van der Waals surface area contributed by atoms with Crippen molar-refractivity contribution in [3.63, 3.8) is 0 Å². The number of anilines is 1. The molecule has 0 bridgehead atoms. The Kier molecular flexibility index (Phi) is 24.6. The molecular weight excluding hydrogens is 624 g/mol. The topological polar surface area (TPSA) is 143 Å². The van der Waals surface area contributed by atoms with Crippen LogP contribution in [0.2, 0.25) is 0 Å². The highest BCUT2D eigenvalue weighted by Gasteiger charge is 2.22. The van der Waals surface area contributed by atoms with E-state index in [1.54, 1.807) is 7.11 Å². The maximum Gasteiger partial charge on any atom is 0.270 e. The van der Waals surface area contributed by atoms with Crippen molar-refractivity contribution in [3.05, 3.63) is 0 Å². The molecule has 0 amide bonds. The van der Waals surface area contributed by atoms with Crippen LogP contribution >= 0.6 is 11.7 Å². The molecule has 15 nitrogen and oxygen atoms in total. The Labute approximate surface area is 279 Å². The molecule has 2 heterocycles. The first-order valence-corrected chi connectivity index (χ1v) is 16.9. The number of methoxy groups -OCH3 is 1. The summed E-state index contributed by atoms with van der Waals surface area (Å²) in [6.07, 6.45) is -0.172. The first-order valence-electron chi connectivity index (χ1n) is 16.2. The van der Waals surface area contributed by atoms with Gasteiger partial charge in [-0.2, -0.15) is 4.37 Å². The van der Waals surface area contributed by atoms with Gasteiger partial charge in [0.2, 0.25) is 5.82 Å². The first-order chi connectivity index (χ1) is 22.5. The number of hydrogen-bond acceptors (Lipinski definition) is 16. The monoisotopic (exact) mass is 682 g/mol. The number of hydrogen-bond donors (Lipinski definition) is 1. The van der Waals surface area contributed by atoms with Crippen LogP contribution in [0, 0.1) is 0 Å². The molecule has 1 aromatic rings. The average Bonchev–Trinajstić information content (AvgIpc) is 3.52. The van der Waals surface area contributed by atoms with Gasteiger partial charge < -0.3 is 62.3 Å². The van der Waals surface area contributed by atoms with Crippen molar-refractivity contribution in [1.82, 2.24) is 14.1 Å². The molecule has 2 rings (SSSR count). The van der Waals surface area contributed by atoms with E-state index in [1.807, 2.05) is 0 Å². The van der Waals surface area contributed by atoms with E-state index in [4.69, 9.17) is 52.1 Å². The Balaban J connectivity index is 1.39. The van der Waals surface area contributed by atoms with Gasteiger partial charge in [-0.1, -0.05) is 0 Å². The summed E-state index contributed by atoms with van der Waals surface area (Å²) in [5, 5.41) is 3.49. The van der Waals surface area contributed by atoms with E-state index >= 15 is 0 Å². The predicted molar refractivity (Wildman–Crippen MR) is 174 cm³/mol. The van der Waals surface area contributed by atoms with Gasteiger partial charge in [-0.15, -0.1) is 4.37 Å². The summed E-state index contributed by atoms with van der Waals surface area (Å²) < 4.78 is 69.7. The number of ether oxygens (including phenoxy) is 11. The maximum atomic E-state index is 6.08. The number of nitrogens with one attached hydrogen (secondary N) is 1. The minimum absolute atomic E-state index is 0.0424. The molecule has 1 aliphatic rings. The third-order valence-electron chi connectivity index (χ3n) is 6.26. The van der Waals surface area contributed by atoms with Gasteiger partial charge in [0.1, 0.15) is 12.7 Å². The Hall–Kier alpha value is -1.28. The van der Waals surface area contributed by atoms with E-state index in [0.29, 0.717) is 138 Å². The van der Waals surface area contributed by atoms with Gasteiger partial charge >= 0.3 is 0 Å². The molecule has 1 unspecified atom stereocenters. The highest BCUT2D eigenvalue weighted by Crippen LogP contribution is 2.26. The minimum atomic E-state index is -0.172. The third kappa shape index (κ3) is 22.3. The van der Waals surface area contributed by atoms with Gasteiger partial charge in [-0.05, 0) is 20.8 Å². The molecule has 1 saturated heterocycles. The Morgan fingerprint density at radius 1 is 0.696 bits per heavy atom. The molecule has 270 valence electrons. The zero-order valence-corrected chi connectivity index (χ0v) is 29.2. The largest absolute Gasteiger partial charge is 0.472 e.